The van der Waals surface area contributed by atoms with Crippen LogP contribution in [0.5, 0.6) is 11.5 Å². The van der Waals surface area contributed by atoms with Gasteiger partial charge in [0.1, 0.15) is 12.7 Å². The number of para-hydroxylation sites is 2. The quantitative estimate of drug-likeness (QED) is 0.558. The summed E-state index contributed by atoms with van der Waals surface area (Å²) in [4.78, 5) is 15.3. The predicted molar refractivity (Wildman–Crippen MR) is 110 cm³/mol. The molecule has 3 aromatic rings. The largest absolute Gasteiger partial charge is 0.493 e. The number of aromatic amines is 1. The Balaban J connectivity index is 1.58. The van der Waals surface area contributed by atoms with Crippen LogP contribution in [0.3, 0.4) is 0 Å². The molecule has 0 radical (unpaired) electrons. The van der Waals surface area contributed by atoms with Gasteiger partial charge in [0.15, 0.2) is 11.5 Å². The Bertz CT molecular complexity index is 1010. The average molecular weight is 382 g/mol. The molecule has 0 aliphatic rings. The molecule has 0 unspecified atom stereocenters. The molecule has 3 rings (SSSR count). The van der Waals surface area contributed by atoms with Crippen molar-refractivity contribution in [3.8, 4) is 11.5 Å². The molecule has 148 valence electrons. The zero-order valence-corrected chi connectivity index (χ0v) is 16.4. The van der Waals surface area contributed by atoms with E-state index in [1.54, 1.807) is 19.2 Å². The fourth-order valence-corrected chi connectivity index (χ4v) is 3.11. The molecule has 0 bridgehead atoms. The molecule has 6 nitrogen and oxygen atoms in total. The van der Waals surface area contributed by atoms with Crippen molar-refractivity contribution in [3.63, 3.8) is 0 Å². The number of aliphatic hydroxyl groups excluding tert-OH is 1. The fourth-order valence-electron chi connectivity index (χ4n) is 3.11. The highest BCUT2D eigenvalue weighted by atomic mass is 16.5. The van der Waals surface area contributed by atoms with Crippen LogP contribution in [0.2, 0.25) is 0 Å². The van der Waals surface area contributed by atoms with Gasteiger partial charge in [0.25, 0.3) is 5.56 Å². The number of ether oxygens (including phenoxy) is 2. The van der Waals surface area contributed by atoms with Gasteiger partial charge in [0, 0.05) is 24.0 Å². The fraction of sp³-hybridized carbons (Fsp3) is 0.318. The number of fused-ring (bicyclic) bond motifs is 1. The SMILES string of the molecule is COc1ccccc1OC[C@@H](O)CNCc1cc2c(C)ccc(C)c2[nH]c1=O. The van der Waals surface area contributed by atoms with Gasteiger partial charge in [-0.1, -0.05) is 24.3 Å². The minimum absolute atomic E-state index is 0.117. The molecule has 1 atom stereocenters. The van der Waals surface area contributed by atoms with Gasteiger partial charge >= 0.3 is 0 Å². The van der Waals surface area contributed by atoms with Gasteiger partial charge in [0.05, 0.1) is 12.6 Å². The number of aromatic nitrogens is 1. The molecule has 28 heavy (non-hydrogen) atoms. The molecule has 1 aromatic heterocycles. The van der Waals surface area contributed by atoms with E-state index in [2.05, 4.69) is 10.3 Å². The number of hydrogen-bond acceptors (Lipinski definition) is 5. The smallest absolute Gasteiger partial charge is 0.252 e. The number of hydrogen-bond donors (Lipinski definition) is 3. The summed E-state index contributed by atoms with van der Waals surface area (Å²) in [7, 11) is 1.57. The summed E-state index contributed by atoms with van der Waals surface area (Å²) in [5.74, 6) is 1.21. The van der Waals surface area contributed by atoms with E-state index < -0.39 is 6.10 Å². The predicted octanol–water partition coefficient (Wildman–Crippen LogP) is 2.68. The maximum Gasteiger partial charge on any atom is 0.252 e. The maximum atomic E-state index is 12.4. The maximum absolute atomic E-state index is 12.4. The number of aliphatic hydroxyl groups is 1. The summed E-state index contributed by atoms with van der Waals surface area (Å²) in [6.07, 6.45) is -0.714. The third kappa shape index (κ3) is 4.52. The van der Waals surface area contributed by atoms with E-state index in [0.29, 0.717) is 30.2 Å². The average Bonchev–Trinajstić information content (AvgIpc) is 2.70. The second-order valence-electron chi connectivity index (χ2n) is 6.86. The summed E-state index contributed by atoms with van der Waals surface area (Å²) >= 11 is 0. The number of benzene rings is 2. The Kier molecular flexibility index (Phi) is 6.34. The summed E-state index contributed by atoms with van der Waals surface area (Å²) in [5, 5.41) is 14.3. The number of nitrogens with one attached hydrogen (secondary N) is 2. The second kappa shape index (κ2) is 8.91. The molecule has 2 aromatic carbocycles. The Morgan fingerprint density at radius 3 is 2.57 bits per heavy atom. The molecule has 0 saturated heterocycles. The van der Waals surface area contributed by atoms with E-state index in [4.69, 9.17) is 9.47 Å². The van der Waals surface area contributed by atoms with Crippen molar-refractivity contribution < 1.29 is 14.6 Å². The first-order chi connectivity index (χ1) is 13.5. The van der Waals surface area contributed by atoms with Crippen molar-refractivity contribution in [3.05, 3.63) is 69.5 Å². The van der Waals surface area contributed by atoms with Crippen LogP contribution < -0.4 is 20.3 Å². The molecule has 0 aliphatic carbocycles. The monoisotopic (exact) mass is 382 g/mol. The van der Waals surface area contributed by atoms with Crippen LogP contribution in [0.15, 0.2) is 47.3 Å². The van der Waals surface area contributed by atoms with E-state index in [9.17, 15) is 9.90 Å². The van der Waals surface area contributed by atoms with Gasteiger partial charge in [-0.3, -0.25) is 4.79 Å². The van der Waals surface area contributed by atoms with E-state index in [0.717, 1.165) is 22.0 Å². The topological polar surface area (TPSA) is 83.6 Å². The van der Waals surface area contributed by atoms with Crippen LogP contribution in [0.1, 0.15) is 16.7 Å². The van der Waals surface area contributed by atoms with Gasteiger partial charge in [-0.05, 0) is 43.2 Å². The van der Waals surface area contributed by atoms with Crippen LogP contribution >= 0.6 is 0 Å². The lowest BCUT2D eigenvalue weighted by atomic mass is 10.0. The van der Waals surface area contributed by atoms with Gasteiger partial charge in [-0.2, -0.15) is 0 Å². The first-order valence-electron chi connectivity index (χ1n) is 9.26. The summed E-state index contributed by atoms with van der Waals surface area (Å²) in [6, 6.07) is 13.3. The standard InChI is InChI=1S/C22H26N2O4/c1-14-8-9-15(2)21-18(14)10-16(22(26)24-21)11-23-12-17(25)13-28-20-7-5-4-6-19(20)27-3/h4-10,17,23,25H,11-13H2,1-3H3,(H,24,26)/t17-/m0/s1. The highest BCUT2D eigenvalue weighted by Crippen LogP contribution is 2.25. The van der Waals surface area contributed by atoms with Crippen LogP contribution in [0, 0.1) is 13.8 Å². The Hall–Kier alpha value is -2.83. The molecule has 0 spiro atoms. The normalized spacial score (nSPS) is 12.1. The van der Waals surface area contributed by atoms with Crippen LogP contribution in [0.4, 0.5) is 0 Å². The van der Waals surface area contributed by atoms with Crippen molar-refractivity contribution in [1.82, 2.24) is 10.3 Å². The molecule has 1 heterocycles. The lowest BCUT2D eigenvalue weighted by Gasteiger charge is -2.15. The van der Waals surface area contributed by atoms with Gasteiger partial charge in [0.2, 0.25) is 0 Å². The summed E-state index contributed by atoms with van der Waals surface area (Å²) < 4.78 is 10.8. The molecule has 3 N–H and O–H groups in total. The van der Waals surface area contributed by atoms with E-state index in [1.165, 1.54) is 0 Å². The van der Waals surface area contributed by atoms with Crippen molar-refractivity contribution in [1.29, 1.82) is 0 Å². The van der Waals surface area contributed by atoms with Crippen LogP contribution in [-0.2, 0) is 6.54 Å². The van der Waals surface area contributed by atoms with Crippen LogP contribution in [-0.4, -0.2) is 36.5 Å². The third-order valence-corrected chi connectivity index (χ3v) is 4.72. The lowest BCUT2D eigenvalue weighted by molar-refractivity contribution is 0.104. The Morgan fingerprint density at radius 2 is 1.82 bits per heavy atom. The van der Waals surface area contributed by atoms with Gasteiger partial charge < -0.3 is 24.9 Å². The van der Waals surface area contributed by atoms with E-state index >= 15 is 0 Å². The van der Waals surface area contributed by atoms with Gasteiger partial charge in [-0.25, -0.2) is 0 Å². The van der Waals surface area contributed by atoms with Crippen LogP contribution in [0.25, 0.3) is 10.9 Å². The zero-order valence-electron chi connectivity index (χ0n) is 16.4. The van der Waals surface area contributed by atoms with Crippen molar-refractivity contribution in [2.24, 2.45) is 0 Å². The number of methoxy groups -OCH3 is 1. The number of pyridine rings is 1. The molecule has 0 fully saturated rings. The molecular weight excluding hydrogens is 356 g/mol. The van der Waals surface area contributed by atoms with E-state index in [-0.39, 0.29) is 12.2 Å². The zero-order chi connectivity index (χ0) is 20.1. The first-order valence-corrected chi connectivity index (χ1v) is 9.26. The molecule has 0 saturated carbocycles. The van der Waals surface area contributed by atoms with Crippen molar-refractivity contribution >= 4 is 10.9 Å². The first kappa shape index (κ1) is 19.9. The highest BCUT2D eigenvalue weighted by Gasteiger charge is 2.10. The Labute approximate surface area is 164 Å². The van der Waals surface area contributed by atoms with E-state index in [1.807, 2.05) is 44.2 Å². The number of rotatable bonds is 8. The minimum Gasteiger partial charge on any atom is -0.493 e. The second-order valence-corrected chi connectivity index (χ2v) is 6.86. The van der Waals surface area contributed by atoms with Gasteiger partial charge in [-0.15, -0.1) is 0 Å². The Morgan fingerprint density at radius 1 is 1.11 bits per heavy atom. The molecule has 6 heteroatoms. The minimum atomic E-state index is -0.714. The number of aryl methyl sites for hydroxylation is 2. The molecule has 0 aliphatic heterocycles. The third-order valence-electron chi connectivity index (χ3n) is 4.72. The number of H-pyrrole nitrogens is 1. The molecule has 0 amide bonds. The van der Waals surface area contributed by atoms with Crippen molar-refractivity contribution in [2.75, 3.05) is 20.3 Å². The lowest BCUT2D eigenvalue weighted by Crippen LogP contribution is -2.32. The summed E-state index contributed by atoms with van der Waals surface area (Å²) in [6.45, 7) is 4.80. The highest BCUT2D eigenvalue weighted by molar-refractivity contribution is 5.85. The van der Waals surface area contributed by atoms with Crippen molar-refractivity contribution in [2.45, 2.75) is 26.5 Å². The molecular formula is C22H26N2O4. The summed E-state index contributed by atoms with van der Waals surface area (Å²) in [5.41, 5.74) is 3.55.